The zero-order valence-electron chi connectivity index (χ0n) is 15.6. The molecule has 0 heterocycles. The minimum atomic E-state index is -0.941. The summed E-state index contributed by atoms with van der Waals surface area (Å²) < 4.78 is 0. The van der Waals surface area contributed by atoms with Gasteiger partial charge in [-0.25, -0.2) is 4.79 Å². The summed E-state index contributed by atoms with van der Waals surface area (Å²) in [4.78, 5) is 36.0. The van der Waals surface area contributed by atoms with Gasteiger partial charge in [0.05, 0.1) is 5.41 Å². The number of urea groups is 1. The van der Waals surface area contributed by atoms with Gasteiger partial charge in [0.25, 0.3) is 0 Å². The maximum atomic E-state index is 12.4. The maximum Gasteiger partial charge on any atom is 0.323 e. The van der Waals surface area contributed by atoms with E-state index < -0.39 is 17.4 Å². The van der Waals surface area contributed by atoms with Crippen LogP contribution in [-0.4, -0.2) is 23.0 Å². The minimum Gasteiger partial charge on any atom is -0.481 e. The topological polar surface area (TPSA) is 108 Å². The Morgan fingerprint density at radius 2 is 1.64 bits per heavy atom. The van der Waals surface area contributed by atoms with Crippen LogP contribution in [0.2, 0.25) is 0 Å². The molecule has 1 fully saturated rings. The number of carbonyl (C=O) groups is 3. The van der Waals surface area contributed by atoms with Crippen LogP contribution in [0.1, 0.15) is 31.2 Å². The molecule has 0 saturated heterocycles. The highest BCUT2D eigenvalue weighted by Crippen LogP contribution is 2.44. The number of aryl methyl sites for hydroxylation is 1. The highest BCUT2D eigenvalue weighted by molar-refractivity contribution is 6.01. The average Bonchev–Trinajstić information content (AvgIpc) is 2.61. The Balaban J connectivity index is 1.63. The lowest BCUT2D eigenvalue weighted by molar-refractivity contribution is -0.157. The molecule has 4 N–H and O–H groups in total. The van der Waals surface area contributed by atoms with Crippen molar-refractivity contribution in [3.05, 3.63) is 54.1 Å². The number of hydrogen-bond donors (Lipinski definition) is 4. The smallest absolute Gasteiger partial charge is 0.323 e. The third kappa shape index (κ3) is 4.49. The van der Waals surface area contributed by atoms with E-state index in [9.17, 15) is 19.5 Å². The fraction of sp³-hybridized carbons (Fsp3) is 0.286. The summed E-state index contributed by atoms with van der Waals surface area (Å²) in [5.74, 6) is -1.25. The van der Waals surface area contributed by atoms with Crippen molar-refractivity contribution in [3.8, 4) is 0 Å². The van der Waals surface area contributed by atoms with Crippen LogP contribution in [-0.2, 0) is 9.59 Å². The highest BCUT2D eigenvalue weighted by atomic mass is 16.4. The van der Waals surface area contributed by atoms with E-state index in [1.165, 1.54) is 0 Å². The fourth-order valence-electron chi connectivity index (χ4n) is 3.22. The third-order valence-electron chi connectivity index (χ3n) is 5.06. The number of benzene rings is 2. The van der Waals surface area contributed by atoms with E-state index in [4.69, 9.17) is 0 Å². The second-order valence-electron chi connectivity index (χ2n) is 7.14. The first-order chi connectivity index (χ1) is 13.4. The van der Waals surface area contributed by atoms with Gasteiger partial charge in [0.1, 0.15) is 0 Å². The molecule has 0 radical (unpaired) electrons. The number of amides is 3. The van der Waals surface area contributed by atoms with Crippen molar-refractivity contribution in [3.63, 3.8) is 0 Å². The SMILES string of the molecule is Cc1ccc(NC(=O)Nc2ccccc2)cc1NC(=O)CC1(C(=O)O)CCC1. The summed E-state index contributed by atoms with van der Waals surface area (Å²) in [6.07, 6.45) is 1.83. The molecule has 0 atom stereocenters. The van der Waals surface area contributed by atoms with E-state index in [-0.39, 0.29) is 12.3 Å². The Hall–Kier alpha value is -3.35. The van der Waals surface area contributed by atoms with E-state index in [2.05, 4.69) is 16.0 Å². The van der Waals surface area contributed by atoms with Gasteiger partial charge in [-0.05, 0) is 49.6 Å². The van der Waals surface area contributed by atoms with Crippen LogP contribution in [0.4, 0.5) is 21.9 Å². The maximum absolute atomic E-state index is 12.4. The number of anilines is 3. The number of nitrogens with one attached hydrogen (secondary N) is 3. The second kappa shape index (κ2) is 8.12. The quantitative estimate of drug-likeness (QED) is 0.601. The molecule has 7 heteroatoms. The van der Waals surface area contributed by atoms with Gasteiger partial charge in [-0.2, -0.15) is 0 Å². The lowest BCUT2D eigenvalue weighted by Gasteiger charge is -2.36. The monoisotopic (exact) mass is 381 g/mol. The number of para-hydroxylation sites is 1. The van der Waals surface area contributed by atoms with Crippen LogP contribution in [0.5, 0.6) is 0 Å². The highest BCUT2D eigenvalue weighted by Gasteiger charge is 2.45. The molecule has 2 aromatic carbocycles. The van der Waals surface area contributed by atoms with Crippen LogP contribution in [0, 0.1) is 12.3 Å². The van der Waals surface area contributed by atoms with E-state index in [1.807, 2.05) is 25.1 Å². The van der Waals surface area contributed by atoms with Crippen LogP contribution in [0.3, 0.4) is 0 Å². The van der Waals surface area contributed by atoms with Crippen LogP contribution in [0.25, 0.3) is 0 Å². The normalized spacial score (nSPS) is 14.5. The molecule has 1 saturated carbocycles. The standard InChI is InChI=1S/C21H23N3O4/c1-14-8-9-16(23-20(28)22-15-6-3-2-4-7-15)12-17(14)24-18(25)13-21(19(26)27)10-5-11-21/h2-4,6-9,12H,5,10-11,13H2,1H3,(H,24,25)(H,26,27)(H2,22,23,28). The van der Waals surface area contributed by atoms with Gasteiger partial charge in [-0.3, -0.25) is 9.59 Å². The Kier molecular flexibility index (Phi) is 5.63. The van der Waals surface area contributed by atoms with E-state index in [0.29, 0.717) is 29.9 Å². The van der Waals surface area contributed by atoms with Gasteiger partial charge >= 0.3 is 12.0 Å². The molecule has 28 heavy (non-hydrogen) atoms. The average molecular weight is 381 g/mol. The first kappa shape index (κ1) is 19.4. The Labute approximate surface area is 163 Å². The molecule has 0 bridgehead atoms. The molecule has 2 aromatic rings. The van der Waals surface area contributed by atoms with Gasteiger partial charge < -0.3 is 21.1 Å². The van der Waals surface area contributed by atoms with Crippen molar-refractivity contribution in [2.24, 2.45) is 5.41 Å². The summed E-state index contributed by atoms with van der Waals surface area (Å²) in [5, 5.41) is 17.6. The molecule has 146 valence electrons. The number of aliphatic carboxylic acids is 1. The summed E-state index contributed by atoms with van der Waals surface area (Å²) in [6, 6.07) is 13.8. The Bertz CT molecular complexity index is 892. The Morgan fingerprint density at radius 1 is 0.964 bits per heavy atom. The number of rotatable bonds is 6. The molecule has 1 aliphatic carbocycles. The lowest BCUT2D eigenvalue weighted by atomic mass is 9.66. The first-order valence-corrected chi connectivity index (χ1v) is 9.15. The number of carboxylic acids is 1. The van der Waals surface area contributed by atoms with Gasteiger partial charge in [-0.1, -0.05) is 30.7 Å². The van der Waals surface area contributed by atoms with Gasteiger partial charge in [0.2, 0.25) is 5.91 Å². The number of carboxylic acid groups (broad SMARTS) is 1. The molecule has 1 aliphatic rings. The Morgan fingerprint density at radius 3 is 2.25 bits per heavy atom. The van der Waals surface area contributed by atoms with Gasteiger partial charge in [-0.15, -0.1) is 0 Å². The predicted molar refractivity (Wildman–Crippen MR) is 107 cm³/mol. The zero-order valence-corrected chi connectivity index (χ0v) is 15.6. The van der Waals surface area contributed by atoms with Gasteiger partial charge in [0.15, 0.2) is 0 Å². The van der Waals surface area contributed by atoms with Crippen molar-refractivity contribution in [2.45, 2.75) is 32.6 Å². The molecule has 3 amide bonds. The second-order valence-corrected chi connectivity index (χ2v) is 7.14. The zero-order chi connectivity index (χ0) is 20.1. The van der Waals surface area contributed by atoms with E-state index in [1.54, 1.807) is 30.3 Å². The van der Waals surface area contributed by atoms with E-state index in [0.717, 1.165) is 12.0 Å². The summed E-state index contributed by atoms with van der Waals surface area (Å²) >= 11 is 0. The van der Waals surface area contributed by atoms with Crippen molar-refractivity contribution in [1.82, 2.24) is 0 Å². The molecular weight excluding hydrogens is 358 g/mol. The molecule has 0 spiro atoms. The predicted octanol–water partition coefficient (Wildman–Crippen LogP) is 4.22. The van der Waals surface area contributed by atoms with Crippen molar-refractivity contribution < 1.29 is 19.5 Å². The number of carbonyl (C=O) groups excluding carboxylic acids is 2. The third-order valence-corrected chi connectivity index (χ3v) is 5.06. The summed E-state index contributed by atoms with van der Waals surface area (Å²) in [6.45, 7) is 1.83. The first-order valence-electron chi connectivity index (χ1n) is 9.15. The van der Waals surface area contributed by atoms with Gasteiger partial charge in [0, 0.05) is 23.5 Å². The summed E-state index contributed by atoms with van der Waals surface area (Å²) in [7, 11) is 0. The number of hydrogen-bond acceptors (Lipinski definition) is 3. The van der Waals surface area contributed by atoms with Crippen LogP contribution in [0.15, 0.2) is 48.5 Å². The van der Waals surface area contributed by atoms with Crippen LogP contribution >= 0.6 is 0 Å². The fourth-order valence-corrected chi connectivity index (χ4v) is 3.22. The van der Waals surface area contributed by atoms with Crippen LogP contribution < -0.4 is 16.0 Å². The molecule has 0 aliphatic heterocycles. The molecule has 0 aromatic heterocycles. The van der Waals surface area contributed by atoms with Crippen molar-refractivity contribution >= 4 is 35.0 Å². The van der Waals surface area contributed by atoms with Crippen molar-refractivity contribution in [2.75, 3.05) is 16.0 Å². The largest absolute Gasteiger partial charge is 0.481 e. The molecular formula is C21H23N3O4. The molecule has 0 unspecified atom stereocenters. The van der Waals surface area contributed by atoms with E-state index >= 15 is 0 Å². The molecule has 3 rings (SSSR count). The minimum absolute atomic E-state index is 0.0477. The van der Waals surface area contributed by atoms with Crippen molar-refractivity contribution in [1.29, 1.82) is 0 Å². The lowest BCUT2D eigenvalue weighted by Crippen LogP contribution is -2.41. The summed E-state index contributed by atoms with van der Waals surface area (Å²) in [5.41, 5.74) is 1.61. The molecule has 7 nitrogen and oxygen atoms in total.